The Morgan fingerprint density at radius 2 is 1.54 bits per heavy atom. The van der Waals surface area contributed by atoms with Crippen LogP contribution in [0.3, 0.4) is 0 Å². The molecular weight excluding hydrogens is 302 g/mol. The number of carbonyl (C=O) groups excluding carboxylic acids is 2. The van der Waals surface area contributed by atoms with Gasteiger partial charge in [0.25, 0.3) is 11.8 Å². The third-order valence-corrected chi connectivity index (χ3v) is 3.53. The SMILES string of the molecule is CC(C)CNC(=O)c1cccc(C(=O)NC(C)c2ccccc2)n1. The fraction of sp³-hybridized carbons (Fsp3) is 0.316. The number of benzene rings is 1. The Morgan fingerprint density at radius 1 is 0.917 bits per heavy atom. The van der Waals surface area contributed by atoms with Crippen LogP contribution in [0.25, 0.3) is 0 Å². The van der Waals surface area contributed by atoms with Crippen molar-refractivity contribution in [3.05, 3.63) is 65.5 Å². The summed E-state index contributed by atoms with van der Waals surface area (Å²) >= 11 is 0. The molecule has 0 aliphatic carbocycles. The van der Waals surface area contributed by atoms with Crippen LogP contribution in [0.1, 0.15) is 53.4 Å². The fourth-order valence-corrected chi connectivity index (χ4v) is 2.17. The molecule has 0 spiro atoms. The van der Waals surface area contributed by atoms with E-state index in [0.29, 0.717) is 12.5 Å². The van der Waals surface area contributed by atoms with Crippen LogP contribution in [-0.4, -0.2) is 23.3 Å². The number of rotatable bonds is 6. The van der Waals surface area contributed by atoms with Gasteiger partial charge in [0.15, 0.2) is 0 Å². The van der Waals surface area contributed by atoms with Gasteiger partial charge in [-0.3, -0.25) is 9.59 Å². The van der Waals surface area contributed by atoms with Crippen LogP contribution >= 0.6 is 0 Å². The van der Waals surface area contributed by atoms with Crippen LogP contribution in [0.2, 0.25) is 0 Å². The largest absolute Gasteiger partial charge is 0.350 e. The van der Waals surface area contributed by atoms with Gasteiger partial charge in [0, 0.05) is 6.54 Å². The number of nitrogens with zero attached hydrogens (tertiary/aromatic N) is 1. The van der Waals surface area contributed by atoms with Crippen molar-refractivity contribution in [1.82, 2.24) is 15.6 Å². The van der Waals surface area contributed by atoms with E-state index in [1.165, 1.54) is 0 Å². The second-order valence-electron chi connectivity index (χ2n) is 6.12. The second-order valence-corrected chi connectivity index (χ2v) is 6.12. The standard InChI is InChI=1S/C19H23N3O2/c1-13(2)12-20-18(23)16-10-7-11-17(22-16)19(24)21-14(3)15-8-5-4-6-9-15/h4-11,13-14H,12H2,1-3H3,(H,20,23)(H,21,24). The molecule has 0 aliphatic rings. The van der Waals surface area contributed by atoms with Crippen molar-refractivity contribution in [2.75, 3.05) is 6.54 Å². The van der Waals surface area contributed by atoms with Gasteiger partial charge in [-0.05, 0) is 30.5 Å². The van der Waals surface area contributed by atoms with Crippen LogP contribution in [-0.2, 0) is 0 Å². The molecule has 0 radical (unpaired) electrons. The van der Waals surface area contributed by atoms with E-state index < -0.39 is 0 Å². The fourth-order valence-electron chi connectivity index (χ4n) is 2.17. The first-order chi connectivity index (χ1) is 11.5. The summed E-state index contributed by atoms with van der Waals surface area (Å²) in [6.07, 6.45) is 0. The van der Waals surface area contributed by atoms with Gasteiger partial charge < -0.3 is 10.6 Å². The number of nitrogens with one attached hydrogen (secondary N) is 2. The smallest absolute Gasteiger partial charge is 0.270 e. The van der Waals surface area contributed by atoms with E-state index in [1.54, 1.807) is 18.2 Å². The van der Waals surface area contributed by atoms with Crippen LogP contribution in [0, 0.1) is 5.92 Å². The van der Waals surface area contributed by atoms with Crippen molar-refractivity contribution in [1.29, 1.82) is 0 Å². The zero-order valence-corrected chi connectivity index (χ0v) is 14.2. The summed E-state index contributed by atoms with van der Waals surface area (Å²) in [7, 11) is 0. The topological polar surface area (TPSA) is 71.1 Å². The lowest BCUT2D eigenvalue weighted by molar-refractivity contribution is 0.0933. The first-order valence-corrected chi connectivity index (χ1v) is 8.08. The second kappa shape index (κ2) is 8.24. The van der Waals surface area contributed by atoms with Gasteiger partial charge in [0.1, 0.15) is 11.4 Å². The summed E-state index contributed by atoms with van der Waals surface area (Å²) in [6, 6.07) is 14.4. The van der Waals surface area contributed by atoms with Gasteiger partial charge in [-0.15, -0.1) is 0 Å². The minimum atomic E-state index is -0.301. The highest BCUT2D eigenvalue weighted by Crippen LogP contribution is 2.12. The predicted octanol–water partition coefficient (Wildman–Crippen LogP) is 2.96. The average Bonchev–Trinajstić information content (AvgIpc) is 2.60. The van der Waals surface area contributed by atoms with Gasteiger partial charge >= 0.3 is 0 Å². The Morgan fingerprint density at radius 3 is 2.17 bits per heavy atom. The maximum absolute atomic E-state index is 12.4. The predicted molar refractivity (Wildman–Crippen MR) is 93.7 cm³/mol. The molecule has 1 aromatic heterocycles. The molecule has 0 aliphatic heterocycles. The molecule has 126 valence electrons. The lowest BCUT2D eigenvalue weighted by Crippen LogP contribution is -2.30. The molecule has 1 heterocycles. The summed E-state index contributed by atoms with van der Waals surface area (Å²) in [4.78, 5) is 28.6. The number of amides is 2. The molecule has 0 saturated heterocycles. The molecule has 5 nitrogen and oxygen atoms in total. The molecule has 1 aromatic carbocycles. The Bertz CT molecular complexity index is 699. The lowest BCUT2D eigenvalue weighted by Gasteiger charge is -2.14. The average molecular weight is 325 g/mol. The Hall–Kier alpha value is -2.69. The quantitative estimate of drug-likeness (QED) is 0.858. The highest BCUT2D eigenvalue weighted by atomic mass is 16.2. The highest BCUT2D eigenvalue weighted by molar-refractivity contribution is 5.96. The maximum Gasteiger partial charge on any atom is 0.270 e. The van der Waals surface area contributed by atoms with Crippen LogP contribution in [0.5, 0.6) is 0 Å². The molecule has 2 rings (SSSR count). The third-order valence-electron chi connectivity index (χ3n) is 3.53. The number of aromatic nitrogens is 1. The highest BCUT2D eigenvalue weighted by Gasteiger charge is 2.15. The van der Waals surface area contributed by atoms with Gasteiger partial charge in [-0.1, -0.05) is 50.2 Å². The van der Waals surface area contributed by atoms with Crippen molar-refractivity contribution < 1.29 is 9.59 Å². The zero-order chi connectivity index (χ0) is 17.5. The first kappa shape index (κ1) is 17.7. The Labute approximate surface area is 142 Å². The summed E-state index contributed by atoms with van der Waals surface area (Å²) < 4.78 is 0. The van der Waals surface area contributed by atoms with Crippen LogP contribution < -0.4 is 10.6 Å². The monoisotopic (exact) mass is 325 g/mol. The number of hydrogen-bond acceptors (Lipinski definition) is 3. The first-order valence-electron chi connectivity index (χ1n) is 8.08. The molecule has 5 heteroatoms. The number of pyridine rings is 1. The van der Waals surface area contributed by atoms with Crippen molar-refractivity contribution in [3.63, 3.8) is 0 Å². The van der Waals surface area contributed by atoms with Crippen molar-refractivity contribution in [3.8, 4) is 0 Å². The van der Waals surface area contributed by atoms with Gasteiger partial charge in [0.05, 0.1) is 6.04 Å². The third kappa shape index (κ3) is 4.91. The van der Waals surface area contributed by atoms with Crippen molar-refractivity contribution in [2.45, 2.75) is 26.8 Å². The van der Waals surface area contributed by atoms with E-state index in [9.17, 15) is 9.59 Å². The molecule has 0 fully saturated rings. The van der Waals surface area contributed by atoms with Gasteiger partial charge in [-0.2, -0.15) is 0 Å². The van der Waals surface area contributed by atoms with E-state index >= 15 is 0 Å². The molecule has 0 saturated carbocycles. The maximum atomic E-state index is 12.4. The molecule has 2 N–H and O–H groups in total. The van der Waals surface area contributed by atoms with E-state index in [2.05, 4.69) is 15.6 Å². The van der Waals surface area contributed by atoms with E-state index in [4.69, 9.17) is 0 Å². The molecule has 24 heavy (non-hydrogen) atoms. The van der Waals surface area contributed by atoms with E-state index in [-0.39, 0.29) is 29.2 Å². The van der Waals surface area contributed by atoms with Crippen molar-refractivity contribution >= 4 is 11.8 Å². The normalized spacial score (nSPS) is 11.8. The molecule has 0 bridgehead atoms. The Balaban J connectivity index is 2.05. The molecule has 1 unspecified atom stereocenters. The summed E-state index contributed by atoms with van der Waals surface area (Å²) in [6.45, 7) is 6.51. The zero-order valence-electron chi connectivity index (χ0n) is 14.2. The minimum absolute atomic E-state index is 0.140. The molecular formula is C19H23N3O2. The number of carbonyl (C=O) groups is 2. The number of hydrogen-bond donors (Lipinski definition) is 2. The molecule has 2 aromatic rings. The Kier molecular flexibility index (Phi) is 6.07. The van der Waals surface area contributed by atoms with Crippen LogP contribution in [0.4, 0.5) is 0 Å². The summed E-state index contributed by atoms with van der Waals surface area (Å²) in [5.74, 6) is -0.216. The minimum Gasteiger partial charge on any atom is -0.350 e. The molecule has 2 amide bonds. The van der Waals surface area contributed by atoms with Gasteiger partial charge in [-0.25, -0.2) is 4.98 Å². The molecule has 1 atom stereocenters. The lowest BCUT2D eigenvalue weighted by atomic mass is 10.1. The van der Waals surface area contributed by atoms with E-state index in [1.807, 2.05) is 51.1 Å². The van der Waals surface area contributed by atoms with Gasteiger partial charge in [0.2, 0.25) is 0 Å². The van der Waals surface area contributed by atoms with Crippen molar-refractivity contribution in [2.24, 2.45) is 5.92 Å². The van der Waals surface area contributed by atoms with E-state index in [0.717, 1.165) is 5.56 Å². The van der Waals surface area contributed by atoms with Crippen LogP contribution in [0.15, 0.2) is 48.5 Å². The summed E-state index contributed by atoms with van der Waals surface area (Å²) in [5, 5.41) is 5.69. The summed E-state index contributed by atoms with van der Waals surface area (Å²) in [5.41, 5.74) is 1.49.